The molecule has 0 spiro atoms. The number of amides is 1. The molecule has 1 fully saturated rings. The summed E-state index contributed by atoms with van der Waals surface area (Å²) in [5, 5.41) is 29.1. The summed E-state index contributed by atoms with van der Waals surface area (Å²) in [6, 6.07) is -0.490. The Bertz CT molecular complexity index is 668. The number of hydrogen-bond acceptors (Lipinski definition) is 6. The van der Waals surface area contributed by atoms with Crippen molar-refractivity contribution in [3.05, 3.63) is 38.3 Å². The van der Waals surface area contributed by atoms with Crippen LogP contribution in [0.5, 0.6) is 0 Å². The number of aliphatic hydroxyl groups is 1. The topological polar surface area (TPSA) is 154 Å². The lowest BCUT2D eigenvalue weighted by atomic mass is 10.2. The van der Waals surface area contributed by atoms with E-state index < -0.39 is 45.8 Å². The lowest BCUT2D eigenvalue weighted by molar-refractivity contribution is -0.385. The van der Waals surface area contributed by atoms with Crippen LogP contribution < -0.4 is 5.56 Å². The second-order valence-corrected chi connectivity index (χ2v) is 4.56. The van der Waals surface area contributed by atoms with E-state index in [-0.39, 0.29) is 13.0 Å². The first-order valence-electron chi connectivity index (χ1n) is 5.90. The molecule has 3 N–H and O–H groups in total. The lowest BCUT2D eigenvalue weighted by Crippen LogP contribution is -2.42. The number of carbonyl (C=O) groups excluding carboxylic acids is 1. The minimum absolute atomic E-state index is 0.159. The zero-order chi connectivity index (χ0) is 15.7. The molecule has 1 aromatic heterocycles. The van der Waals surface area contributed by atoms with Gasteiger partial charge in [0.05, 0.1) is 17.2 Å². The number of aliphatic hydroxyl groups excluding tert-OH is 1. The Morgan fingerprint density at radius 1 is 1.48 bits per heavy atom. The highest BCUT2D eigenvalue weighted by atomic mass is 16.6. The van der Waals surface area contributed by atoms with Crippen molar-refractivity contribution in [2.24, 2.45) is 0 Å². The smallest absolute Gasteiger partial charge is 0.326 e. The molecule has 0 unspecified atom stereocenters. The van der Waals surface area contributed by atoms with Crippen LogP contribution in [0.3, 0.4) is 0 Å². The molecule has 1 aliphatic heterocycles. The Hall–Kier alpha value is -2.75. The van der Waals surface area contributed by atoms with Crippen molar-refractivity contribution in [1.82, 2.24) is 9.88 Å². The molecule has 2 atom stereocenters. The summed E-state index contributed by atoms with van der Waals surface area (Å²) >= 11 is 0. The molecule has 10 heteroatoms. The summed E-state index contributed by atoms with van der Waals surface area (Å²) in [6.45, 7) is -0.252. The van der Waals surface area contributed by atoms with Gasteiger partial charge in [-0.25, -0.2) is 4.79 Å². The van der Waals surface area contributed by atoms with Crippen LogP contribution in [-0.2, 0) is 4.79 Å². The highest BCUT2D eigenvalue weighted by molar-refractivity contribution is 5.97. The molecule has 1 aliphatic rings. The zero-order valence-electron chi connectivity index (χ0n) is 10.6. The van der Waals surface area contributed by atoms with Crippen LogP contribution in [0, 0.1) is 10.1 Å². The molecular formula is C11H11N3O7. The maximum atomic E-state index is 12.2. The average molecular weight is 297 g/mol. The minimum Gasteiger partial charge on any atom is -0.480 e. The molecule has 1 saturated heterocycles. The zero-order valence-corrected chi connectivity index (χ0v) is 10.6. The van der Waals surface area contributed by atoms with E-state index in [1.807, 2.05) is 0 Å². The molecule has 1 aromatic rings. The quantitative estimate of drug-likeness (QED) is 0.474. The predicted octanol–water partition coefficient (Wildman–Crippen LogP) is -1.06. The molecule has 0 aromatic carbocycles. The van der Waals surface area contributed by atoms with Crippen molar-refractivity contribution in [3.8, 4) is 0 Å². The molecule has 2 rings (SSSR count). The fourth-order valence-corrected chi connectivity index (χ4v) is 2.16. The average Bonchev–Trinajstić information content (AvgIpc) is 2.80. The van der Waals surface area contributed by atoms with Gasteiger partial charge >= 0.3 is 5.97 Å². The van der Waals surface area contributed by atoms with Crippen molar-refractivity contribution < 1.29 is 24.7 Å². The number of aliphatic carboxylic acids is 1. The van der Waals surface area contributed by atoms with E-state index in [0.29, 0.717) is 0 Å². The summed E-state index contributed by atoms with van der Waals surface area (Å²) in [6.07, 6.45) is -0.339. The fourth-order valence-electron chi connectivity index (χ4n) is 2.16. The third-order valence-electron chi connectivity index (χ3n) is 3.15. The highest BCUT2D eigenvalue weighted by Crippen LogP contribution is 2.21. The number of nitrogens with one attached hydrogen (secondary N) is 1. The van der Waals surface area contributed by atoms with E-state index in [1.165, 1.54) is 0 Å². The molecule has 2 heterocycles. The maximum absolute atomic E-state index is 12.2. The molecule has 10 nitrogen and oxygen atoms in total. The number of nitro groups is 1. The Morgan fingerprint density at radius 3 is 2.71 bits per heavy atom. The number of aromatic nitrogens is 1. The number of rotatable bonds is 3. The second kappa shape index (κ2) is 5.32. The SMILES string of the molecule is O=C(O)[C@@H]1C[C@H](O)CN1C(=O)c1cc([N+](=O)[O-])c[nH]c1=O. The summed E-state index contributed by atoms with van der Waals surface area (Å²) in [5.74, 6) is -2.29. The largest absolute Gasteiger partial charge is 0.480 e. The van der Waals surface area contributed by atoms with E-state index in [4.69, 9.17) is 5.11 Å². The van der Waals surface area contributed by atoms with E-state index >= 15 is 0 Å². The number of H-pyrrole nitrogens is 1. The first-order chi connectivity index (χ1) is 9.81. The van der Waals surface area contributed by atoms with Gasteiger partial charge in [0.15, 0.2) is 0 Å². The number of aromatic amines is 1. The number of pyridine rings is 1. The van der Waals surface area contributed by atoms with Crippen LogP contribution in [0.15, 0.2) is 17.1 Å². The first kappa shape index (κ1) is 14.7. The number of β-amino-alcohol motifs (C(OH)–C–C–N with tert-alkyl or cyclic N) is 1. The van der Waals surface area contributed by atoms with Gasteiger partial charge < -0.3 is 20.1 Å². The summed E-state index contributed by atoms with van der Waals surface area (Å²) in [5.41, 5.74) is -1.90. The predicted molar refractivity (Wildman–Crippen MR) is 66.8 cm³/mol. The van der Waals surface area contributed by atoms with Gasteiger partial charge in [-0.3, -0.25) is 19.7 Å². The third kappa shape index (κ3) is 2.74. The third-order valence-corrected chi connectivity index (χ3v) is 3.15. The van der Waals surface area contributed by atoms with Crippen LogP contribution in [0.2, 0.25) is 0 Å². The van der Waals surface area contributed by atoms with Gasteiger partial charge in [-0.2, -0.15) is 0 Å². The van der Waals surface area contributed by atoms with Crippen LogP contribution >= 0.6 is 0 Å². The Kier molecular flexibility index (Phi) is 3.72. The molecule has 0 bridgehead atoms. The van der Waals surface area contributed by atoms with Gasteiger partial charge in [0.1, 0.15) is 11.6 Å². The lowest BCUT2D eigenvalue weighted by Gasteiger charge is -2.20. The number of carboxylic acids is 1. The molecule has 0 saturated carbocycles. The number of likely N-dealkylation sites (tertiary alicyclic amines) is 1. The Balaban J connectivity index is 2.40. The van der Waals surface area contributed by atoms with Crippen LogP contribution in [0.1, 0.15) is 16.8 Å². The van der Waals surface area contributed by atoms with Gasteiger partial charge in [-0.15, -0.1) is 0 Å². The van der Waals surface area contributed by atoms with Crippen molar-refractivity contribution in [1.29, 1.82) is 0 Å². The summed E-state index contributed by atoms with van der Waals surface area (Å²) < 4.78 is 0. The van der Waals surface area contributed by atoms with Gasteiger partial charge in [0.2, 0.25) is 0 Å². The van der Waals surface area contributed by atoms with E-state index in [0.717, 1.165) is 17.2 Å². The van der Waals surface area contributed by atoms with E-state index in [2.05, 4.69) is 4.98 Å². The fraction of sp³-hybridized carbons (Fsp3) is 0.364. The molecule has 21 heavy (non-hydrogen) atoms. The number of hydrogen-bond donors (Lipinski definition) is 3. The van der Waals surface area contributed by atoms with Crippen LogP contribution in [-0.4, -0.2) is 55.6 Å². The van der Waals surface area contributed by atoms with Gasteiger partial charge in [-0.1, -0.05) is 0 Å². The number of carboxylic acid groups (broad SMARTS) is 1. The minimum atomic E-state index is -1.32. The molecule has 1 amide bonds. The van der Waals surface area contributed by atoms with Crippen LogP contribution in [0.4, 0.5) is 5.69 Å². The molecule has 0 aliphatic carbocycles. The van der Waals surface area contributed by atoms with Crippen molar-refractivity contribution in [2.45, 2.75) is 18.6 Å². The number of carbonyl (C=O) groups is 2. The molecule has 112 valence electrons. The summed E-state index contributed by atoms with van der Waals surface area (Å²) in [7, 11) is 0. The first-order valence-corrected chi connectivity index (χ1v) is 5.90. The maximum Gasteiger partial charge on any atom is 0.326 e. The number of nitrogens with zero attached hydrogens (tertiary/aromatic N) is 2. The van der Waals surface area contributed by atoms with E-state index in [1.54, 1.807) is 0 Å². The monoisotopic (exact) mass is 297 g/mol. The second-order valence-electron chi connectivity index (χ2n) is 4.56. The Morgan fingerprint density at radius 2 is 2.14 bits per heavy atom. The van der Waals surface area contributed by atoms with Crippen molar-refractivity contribution in [3.63, 3.8) is 0 Å². The highest BCUT2D eigenvalue weighted by Gasteiger charge is 2.40. The summed E-state index contributed by atoms with van der Waals surface area (Å²) in [4.78, 5) is 47.6. The Labute approximate surface area is 116 Å². The van der Waals surface area contributed by atoms with E-state index in [9.17, 15) is 29.6 Å². The van der Waals surface area contributed by atoms with Gasteiger partial charge in [-0.05, 0) is 0 Å². The normalized spacial score (nSPS) is 21.3. The molecule has 0 radical (unpaired) electrons. The molecular weight excluding hydrogens is 286 g/mol. The van der Waals surface area contributed by atoms with Crippen LogP contribution in [0.25, 0.3) is 0 Å². The van der Waals surface area contributed by atoms with Gasteiger partial charge in [0.25, 0.3) is 17.2 Å². The standard InChI is InChI=1S/C11H11N3O7/c15-6-2-8(11(18)19)13(4-6)10(17)7-1-5(14(20)21)3-12-9(7)16/h1,3,6,8,15H,2,4H2,(H,12,16)(H,18,19)/t6-,8-/m0/s1. The van der Waals surface area contributed by atoms with Crippen molar-refractivity contribution in [2.75, 3.05) is 6.54 Å². The van der Waals surface area contributed by atoms with Crippen molar-refractivity contribution >= 4 is 17.6 Å². The van der Waals surface area contributed by atoms with Gasteiger partial charge in [0, 0.05) is 19.0 Å².